The molecule has 2 aromatic heterocycles. The quantitative estimate of drug-likeness (QED) is 0.517. The molecule has 5 rings (SSSR count). The normalized spacial score (nSPS) is 17.0. The standard InChI is InChI=1S/C26H31N3O3S/c1-31-15-7-13-27-26(30)29-17-21-20-10-3-4-12-23(20)33-25(21)28-14-6-11-22(28)24(29)18-8-5-9-19(16-18)32-2/h5-6,8-9,11,14,16,24H,3-4,7,10,12-13,15,17H2,1-2H3,(H,27,30)/t24-/m1/s1. The summed E-state index contributed by atoms with van der Waals surface area (Å²) in [5, 5.41) is 4.41. The number of nitrogens with zero attached hydrogens (tertiary/aromatic N) is 2. The molecule has 0 fully saturated rings. The fourth-order valence-electron chi connectivity index (χ4n) is 5.06. The number of carbonyl (C=O) groups is 1. The zero-order valence-electron chi connectivity index (χ0n) is 19.3. The van der Waals surface area contributed by atoms with Crippen molar-refractivity contribution in [2.24, 2.45) is 0 Å². The molecule has 1 aliphatic carbocycles. The number of nitrogens with one attached hydrogen (secondary N) is 1. The zero-order chi connectivity index (χ0) is 22.8. The number of fused-ring (bicyclic) bond motifs is 5. The Morgan fingerprint density at radius 3 is 2.88 bits per heavy atom. The molecule has 0 bridgehead atoms. The van der Waals surface area contributed by atoms with Crippen LogP contribution in [0.25, 0.3) is 5.00 Å². The van der Waals surface area contributed by atoms with E-state index in [1.165, 1.54) is 33.8 Å². The minimum absolute atomic E-state index is 0.0460. The molecule has 7 heteroatoms. The first-order chi connectivity index (χ1) is 16.2. The Bertz CT molecular complexity index is 1140. The van der Waals surface area contributed by atoms with E-state index in [9.17, 15) is 4.79 Å². The highest BCUT2D eigenvalue weighted by molar-refractivity contribution is 7.15. The maximum absolute atomic E-state index is 13.6. The molecule has 0 unspecified atom stereocenters. The molecule has 33 heavy (non-hydrogen) atoms. The number of amides is 2. The van der Waals surface area contributed by atoms with Gasteiger partial charge in [0, 0.05) is 36.9 Å². The number of methoxy groups -OCH3 is 2. The molecule has 0 spiro atoms. The van der Waals surface area contributed by atoms with Gasteiger partial charge in [-0.3, -0.25) is 0 Å². The van der Waals surface area contributed by atoms with Crippen molar-refractivity contribution in [2.75, 3.05) is 27.4 Å². The third-order valence-electron chi connectivity index (χ3n) is 6.65. The minimum atomic E-state index is -0.212. The summed E-state index contributed by atoms with van der Waals surface area (Å²) < 4.78 is 13.0. The maximum Gasteiger partial charge on any atom is 0.318 e. The van der Waals surface area contributed by atoms with Gasteiger partial charge < -0.3 is 24.3 Å². The lowest BCUT2D eigenvalue weighted by Crippen LogP contribution is -2.42. The van der Waals surface area contributed by atoms with E-state index >= 15 is 0 Å². The summed E-state index contributed by atoms with van der Waals surface area (Å²) in [5.41, 5.74) is 4.92. The number of thiophene rings is 1. The molecule has 2 amide bonds. The number of aromatic nitrogens is 1. The molecule has 0 radical (unpaired) electrons. The number of carbonyl (C=O) groups excluding carboxylic acids is 1. The minimum Gasteiger partial charge on any atom is -0.497 e. The Labute approximate surface area is 199 Å². The average molecular weight is 466 g/mol. The van der Waals surface area contributed by atoms with Crippen LogP contribution in [0.5, 0.6) is 5.75 Å². The summed E-state index contributed by atoms with van der Waals surface area (Å²) in [5.74, 6) is 0.794. The summed E-state index contributed by atoms with van der Waals surface area (Å²) >= 11 is 1.90. The lowest BCUT2D eigenvalue weighted by atomic mass is 9.95. The van der Waals surface area contributed by atoms with Gasteiger partial charge in [-0.05, 0) is 67.5 Å². The molecule has 1 atom stereocenters. The third kappa shape index (κ3) is 4.15. The fourth-order valence-corrected chi connectivity index (χ4v) is 6.47. The van der Waals surface area contributed by atoms with E-state index < -0.39 is 0 Å². The maximum atomic E-state index is 13.6. The Morgan fingerprint density at radius 1 is 1.15 bits per heavy atom. The summed E-state index contributed by atoms with van der Waals surface area (Å²) in [4.78, 5) is 17.1. The van der Waals surface area contributed by atoms with Crippen molar-refractivity contribution in [3.05, 3.63) is 69.9 Å². The number of ether oxygens (including phenoxy) is 2. The molecular weight excluding hydrogens is 434 g/mol. The van der Waals surface area contributed by atoms with E-state index in [1.54, 1.807) is 14.2 Å². The summed E-state index contributed by atoms with van der Waals surface area (Å²) in [6.07, 6.45) is 7.65. The number of urea groups is 1. The van der Waals surface area contributed by atoms with Gasteiger partial charge in [0.1, 0.15) is 10.8 Å². The second-order valence-corrected chi connectivity index (χ2v) is 9.77. The van der Waals surface area contributed by atoms with Crippen LogP contribution in [0.3, 0.4) is 0 Å². The van der Waals surface area contributed by atoms with E-state index in [2.05, 4.69) is 34.3 Å². The van der Waals surface area contributed by atoms with Crippen LogP contribution >= 0.6 is 11.3 Å². The molecule has 1 aliphatic heterocycles. The van der Waals surface area contributed by atoms with Crippen molar-refractivity contribution in [1.29, 1.82) is 0 Å². The molecule has 3 heterocycles. The molecular formula is C26H31N3O3S. The van der Waals surface area contributed by atoms with Gasteiger partial charge in [0.05, 0.1) is 25.4 Å². The second kappa shape index (κ2) is 9.61. The molecule has 3 aromatic rings. The monoisotopic (exact) mass is 465 g/mol. The Morgan fingerprint density at radius 2 is 2.03 bits per heavy atom. The van der Waals surface area contributed by atoms with Crippen molar-refractivity contribution in [1.82, 2.24) is 14.8 Å². The van der Waals surface area contributed by atoms with E-state index in [0.717, 1.165) is 36.3 Å². The van der Waals surface area contributed by atoms with Crippen LogP contribution in [0, 0.1) is 0 Å². The first-order valence-corrected chi connectivity index (χ1v) is 12.5. The molecule has 174 valence electrons. The smallest absolute Gasteiger partial charge is 0.318 e. The number of aryl methyl sites for hydroxylation is 1. The van der Waals surface area contributed by atoms with Crippen LogP contribution in [0.2, 0.25) is 0 Å². The predicted molar refractivity (Wildman–Crippen MR) is 131 cm³/mol. The number of benzene rings is 1. The highest BCUT2D eigenvalue weighted by atomic mass is 32.1. The number of rotatable bonds is 6. The molecule has 1 N–H and O–H groups in total. The van der Waals surface area contributed by atoms with Gasteiger partial charge in [-0.1, -0.05) is 12.1 Å². The van der Waals surface area contributed by atoms with E-state index in [4.69, 9.17) is 9.47 Å². The molecule has 0 saturated carbocycles. The van der Waals surface area contributed by atoms with Gasteiger partial charge >= 0.3 is 6.03 Å². The third-order valence-corrected chi connectivity index (χ3v) is 7.98. The van der Waals surface area contributed by atoms with Crippen molar-refractivity contribution in [3.8, 4) is 10.8 Å². The second-order valence-electron chi connectivity index (χ2n) is 8.68. The highest BCUT2D eigenvalue weighted by Gasteiger charge is 2.36. The van der Waals surface area contributed by atoms with Crippen LogP contribution in [0.15, 0.2) is 42.6 Å². The Kier molecular flexibility index (Phi) is 6.42. The summed E-state index contributed by atoms with van der Waals surface area (Å²) in [6, 6.07) is 12.0. The number of hydrogen-bond donors (Lipinski definition) is 1. The fraction of sp³-hybridized carbons (Fsp3) is 0.423. The Hall–Kier alpha value is -2.77. The van der Waals surface area contributed by atoms with Gasteiger partial charge in [-0.15, -0.1) is 11.3 Å². The highest BCUT2D eigenvalue weighted by Crippen LogP contribution is 2.44. The van der Waals surface area contributed by atoms with E-state index in [-0.39, 0.29) is 12.1 Å². The van der Waals surface area contributed by atoms with Crippen LogP contribution in [0.1, 0.15) is 52.6 Å². The lowest BCUT2D eigenvalue weighted by Gasteiger charge is -2.31. The van der Waals surface area contributed by atoms with Crippen LogP contribution in [-0.2, 0) is 24.1 Å². The van der Waals surface area contributed by atoms with Crippen LogP contribution < -0.4 is 10.1 Å². The first-order valence-electron chi connectivity index (χ1n) is 11.7. The topological polar surface area (TPSA) is 55.7 Å². The number of hydrogen-bond acceptors (Lipinski definition) is 4. The molecule has 0 saturated heterocycles. The average Bonchev–Trinajstić information content (AvgIpc) is 3.43. The summed E-state index contributed by atoms with van der Waals surface area (Å²) in [7, 11) is 3.36. The van der Waals surface area contributed by atoms with Gasteiger partial charge in [0.25, 0.3) is 0 Å². The van der Waals surface area contributed by atoms with Gasteiger partial charge in [0.2, 0.25) is 0 Å². The van der Waals surface area contributed by atoms with Crippen molar-refractivity contribution < 1.29 is 14.3 Å². The van der Waals surface area contributed by atoms with Gasteiger partial charge in [-0.25, -0.2) is 4.79 Å². The summed E-state index contributed by atoms with van der Waals surface area (Å²) in [6.45, 7) is 1.81. The van der Waals surface area contributed by atoms with Crippen molar-refractivity contribution >= 4 is 17.4 Å². The Balaban J connectivity index is 1.60. The molecule has 6 nitrogen and oxygen atoms in total. The lowest BCUT2D eigenvalue weighted by molar-refractivity contribution is 0.174. The van der Waals surface area contributed by atoms with Gasteiger partial charge in [0.15, 0.2) is 0 Å². The van der Waals surface area contributed by atoms with Crippen LogP contribution in [-0.4, -0.2) is 42.9 Å². The molecule has 2 aliphatic rings. The van der Waals surface area contributed by atoms with Gasteiger partial charge in [-0.2, -0.15) is 0 Å². The first kappa shape index (κ1) is 22.0. The van der Waals surface area contributed by atoms with Crippen molar-refractivity contribution in [3.63, 3.8) is 0 Å². The zero-order valence-corrected chi connectivity index (χ0v) is 20.1. The van der Waals surface area contributed by atoms with E-state index in [1.807, 2.05) is 34.4 Å². The SMILES string of the molecule is COCCCNC(=O)N1Cc2c(sc3c2CCCC3)-n2cccc2[C@H]1c1cccc(OC)c1. The predicted octanol–water partition coefficient (Wildman–Crippen LogP) is 5.08. The largest absolute Gasteiger partial charge is 0.497 e. The molecule has 1 aromatic carbocycles. The van der Waals surface area contributed by atoms with Crippen molar-refractivity contribution in [2.45, 2.75) is 44.7 Å². The van der Waals surface area contributed by atoms with Crippen LogP contribution in [0.4, 0.5) is 4.79 Å². The van der Waals surface area contributed by atoms with E-state index in [0.29, 0.717) is 19.7 Å².